The molecule has 0 rings (SSSR count). The molecule has 0 aliphatic carbocycles. The largest absolute Gasteiger partial charge is 0.345 e. The first-order valence-electron chi connectivity index (χ1n) is 7.02. The molecule has 19 heavy (non-hydrogen) atoms. The summed E-state index contributed by atoms with van der Waals surface area (Å²) < 4.78 is 0. The highest BCUT2D eigenvalue weighted by Crippen LogP contribution is 2.03. The molecule has 0 aromatic rings. The summed E-state index contributed by atoms with van der Waals surface area (Å²) in [4.78, 5) is 22.9. The first kappa shape index (κ1) is 18.0. The zero-order valence-electron chi connectivity index (χ0n) is 11.9. The average molecular weight is 272 g/mol. The van der Waals surface area contributed by atoms with Gasteiger partial charge in [0.1, 0.15) is 6.29 Å². The molecule has 0 radical (unpaired) electrons. The molecule has 0 spiro atoms. The Hall–Kier alpha value is -0.980. The van der Waals surface area contributed by atoms with Gasteiger partial charge in [0, 0.05) is 0 Å². The van der Waals surface area contributed by atoms with Crippen LogP contribution in [0.1, 0.15) is 38.5 Å². The van der Waals surface area contributed by atoms with Crippen LogP contribution in [0, 0.1) is 0 Å². The van der Waals surface area contributed by atoms with Gasteiger partial charge in [-0.05, 0) is 52.2 Å². The van der Waals surface area contributed by atoms with Crippen LogP contribution < -0.4 is 22.1 Å². The Balaban J connectivity index is 4.08. The summed E-state index contributed by atoms with van der Waals surface area (Å²) in [6.07, 6.45) is 5.68. The standard InChI is InChI=1S/C13H28N4O2/c1-16-12(7-3-5-9-15)13(19)17-11(10-18)6-2-4-8-14/h10-12,16H,2-9,14-15H2,1H3,(H,17,19)/t11-,12-/m0/s1. The van der Waals surface area contributed by atoms with E-state index < -0.39 is 6.04 Å². The molecule has 6 heteroatoms. The number of amides is 1. The summed E-state index contributed by atoms with van der Waals surface area (Å²) in [5, 5.41) is 5.73. The van der Waals surface area contributed by atoms with E-state index in [0.29, 0.717) is 19.5 Å². The highest BCUT2D eigenvalue weighted by molar-refractivity contribution is 5.84. The lowest BCUT2D eigenvalue weighted by Gasteiger charge is -2.19. The molecule has 0 unspecified atom stereocenters. The van der Waals surface area contributed by atoms with Gasteiger partial charge in [0.05, 0.1) is 12.1 Å². The number of carbonyl (C=O) groups is 2. The molecule has 0 aromatic carbocycles. The van der Waals surface area contributed by atoms with Gasteiger partial charge in [-0.2, -0.15) is 0 Å². The van der Waals surface area contributed by atoms with Crippen LogP contribution in [0.15, 0.2) is 0 Å². The Morgan fingerprint density at radius 1 is 1.11 bits per heavy atom. The summed E-state index contributed by atoms with van der Waals surface area (Å²) in [6, 6.07) is -0.673. The number of aldehydes is 1. The Morgan fingerprint density at radius 2 is 1.68 bits per heavy atom. The Labute approximate surface area is 115 Å². The molecule has 6 nitrogen and oxygen atoms in total. The van der Waals surface area contributed by atoms with Gasteiger partial charge < -0.3 is 26.9 Å². The summed E-state index contributed by atoms with van der Waals surface area (Å²) in [6.45, 7) is 1.24. The second-order valence-electron chi connectivity index (χ2n) is 4.66. The number of rotatable bonds is 12. The van der Waals surface area contributed by atoms with Crippen LogP contribution in [-0.2, 0) is 9.59 Å². The topological polar surface area (TPSA) is 110 Å². The molecule has 0 heterocycles. The van der Waals surface area contributed by atoms with E-state index in [1.54, 1.807) is 7.05 Å². The van der Waals surface area contributed by atoms with Crippen LogP contribution in [-0.4, -0.2) is 44.4 Å². The minimum absolute atomic E-state index is 0.121. The first-order chi connectivity index (χ1) is 9.19. The Kier molecular flexibility index (Phi) is 11.5. The van der Waals surface area contributed by atoms with Gasteiger partial charge >= 0.3 is 0 Å². The van der Waals surface area contributed by atoms with Crippen molar-refractivity contribution in [2.24, 2.45) is 11.5 Å². The number of hydrogen-bond acceptors (Lipinski definition) is 5. The maximum Gasteiger partial charge on any atom is 0.237 e. The van der Waals surface area contributed by atoms with E-state index in [2.05, 4.69) is 10.6 Å². The Bertz CT molecular complexity index is 249. The number of hydrogen-bond donors (Lipinski definition) is 4. The van der Waals surface area contributed by atoms with Gasteiger partial charge in [-0.25, -0.2) is 0 Å². The van der Waals surface area contributed by atoms with Crippen molar-refractivity contribution in [3.8, 4) is 0 Å². The van der Waals surface area contributed by atoms with Gasteiger partial charge in [-0.15, -0.1) is 0 Å². The molecule has 0 saturated carbocycles. The fourth-order valence-corrected chi connectivity index (χ4v) is 1.87. The van der Waals surface area contributed by atoms with Gasteiger partial charge in [0.25, 0.3) is 0 Å². The quantitative estimate of drug-likeness (QED) is 0.283. The van der Waals surface area contributed by atoms with Crippen molar-refractivity contribution < 1.29 is 9.59 Å². The second kappa shape index (κ2) is 12.1. The number of nitrogens with two attached hydrogens (primary N) is 2. The molecule has 0 aliphatic heterocycles. The average Bonchev–Trinajstić information content (AvgIpc) is 2.42. The predicted molar refractivity (Wildman–Crippen MR) is 76.7 cm³/mol. The smallest absolute Gasteiger partial charge is 0.237 e. The third-order valence-electron chi connectivity index (χ3n) is 3.07. The van der Waals surface area contributed by atoms with E-state index in [1.807, 2.05) is 0 Å². The number of nitrogens with one attached hydrogen (secondary N) is 2. The summed E-state index contributed by atoms with van der Waals surface area (Å²) in [5.41, 5.74) is 10.8. The van der Waals surface area contributed by atoms with Crippen molar-refractivity contribution in [1.82, 2.24) is 10.6 Å². The number of unbranched alkanes of at least 4 members (excludes halogenated alkanes) is 2. The van der Waals surface area contributed by atoms with E-state index >= 15 is 0 Å². The van der Waals surface area contributed by atoms with Crippen molar-refractivity contribution in [3.63, 3.8) is 0 Å². The van der Waals surface area contributed by atoms with E-state index in [1.165, 1.54) is 0 Å². The predicted octanol–water partition coefficient (Wildman–Crippen LogP) is -0.484. The molecule has 0 bridgehead atoms. The summed E-state index contributed by atoms with van der Waals surface area (Å²) in [7, 11) is 1.75. The molecule has 0 saturated heterocycles. The number of likely N-dealkylation sites (N-methyl/N-ethyl adjacent to an activating group) is 1. The molecule has 6 N–H and O–H groups in total. The van der Waals surface area contributed by atoms with E-state index in [4.69, 9.17) is 11.5 Å². The van der Waals surface area contributed by atoms with E-state index in [0.717, 1.165) is 38.4 Å². The maximum absolute atomic E-state index is 12.0. The first-order valence-corrected chi connectivity index (χ1v) is 7.02. The molecule has 1 amide bonds. The lowest BCUT2D eigenvalue weighted by Crippen LogP contribution is -2.47. The molecule has 112 valence electrons. The van der Waals surface area contributed by atoms with Crippen LogP contribution >= 0.6 is 0 Å². The summed E-state index contributed by atoms with van der Waals surface area (Å²) in [5.74, 6) is -0.121. The fourth-order valence-electron chi connectivity index (χ4n) is 1.87. The fraction of sp³-hybridized carbons (Fsp3) is 0.846. The zero-order chi connectivity index (χ0) is 14.5. The molecular formula is C13H28N4O2. The van der Waals surface area contributed by atoms with Crippen molar-refractivity contribution in [2.45, 2.75) is 50.6 Å². The van der Waals surface area contributed by atoms with Crippen LogP contribution in [0.2, 0.25) is 0 Å². The van der Waals surface area contributed by atoms with Crippen LogP contribution in [0.5, 0.6) is 0 Å². The lowest BCUT2D eigenvalue weighted by atomic mass is 10.1. The molecule has 0 fully saturated rings. The van der Waals surface area contributed by atoms with Crippen molar-refractivity contribution >= 4 is 12.2 Å². The van der Waals surface area contributed by atoms with Crippen molar-refractivity contribution in [2.75, 3.05) is 20.1 Å². The van der Waals surface area contributed by atoms with Gasteiger partial charge in [-0.1, -0.05) is 6.42 Å². The molecule has 0 aromatic heterocycles. The van der Waals surface area contributed by atoms with E-state index in [9.17, 15) is 9.59 Å². The third kappa shape index (κ3) is 8.69. The molecular weight excluding hydrogens is 244 g/mol. The highest BCUT2D eigenvalue weighted by atomic mass is 16.2. The van der Waals surface area contributed by atoms with Gasteiger partial charge in [0.15, 0.2) is 0 Å². The van der Waals surface area contributed by atoms with Crippen LogP contribution in [0.4, 0.5) is 0 Å². The molecule has 2 atom stereocenters. The van der Waals surface area contributed by atoms with Crippen molar-refractivity contribution in [3.05, 3.63) is 0 Å². The monoisotopic (exact) mass is 272 g/mol. The maximum atomic E-state index is 12.0. The van der Waals surface area contributed by atoms with E-state index in [-0.39, 0.29) is 11.9 Å². The zero-order valence-corrected chi connectivity index (χ0v) is 11.9. The number of carbonyl (C=O) groups excluding carboxylic acids is 2. The SMILES string of the molecule is CN[C@@H](CCCCN)C(=O)N[C@H](C=O)CCCCN. The van der Waals surface area contributed by atoms with Crippen LogP contribution in [0.25, 0.3) is 0 Å². The van der Waals surface area contributed by atoms with Gasteiger partial charge in [-0.3, -0.25) is 4.79 Å². The minimum Gasteiger partial charge on any atom is -0.345 e. The van der Waals surface area contributed by atoms with Crippen LogP contribution in [0.3, 0.4) is 0 Å². The highest BCUT2D eigenvalue weighted by Gasteiger charge is 2.19. The lowest BCUT2D eigenvalue weighted by molar-refractivity contribution is -0.126. The minimum atomic E-state index is -0.413. The summed E-state index contributed by atoms with van der Waals surface area (Å²) >= 11 is 0. The van der Waals surface area contributed by atoms with Gasteiger partial charge in [0.2, 0.25) is 5.91 Å². The Morgan fingerprint density at radius 3 is 2.16 bits per heavy atom. The normalized spacial score (nSPS) is 13.8. The third-order valence-corrected chi connectivity index (χ3v) is 3.07. The van der Waals surface area contributed by atoms with Crippen molar-refractivity contribution in [1.29, 1.82) is 0 Å². The molecule has 0 aliphatic rings. The second-order valence-corrected chi connectivity index (χ2v) is 4.66.